The van der Waals surface area contributed by atoms with Gasteiger partial charge in [-0.05, 0) is 52.6 Å². The van der Waals surface area contributed by atoms with Crippen LogP contribution in [0.2, 0.25) is 0 Å². The van der Waals surface area contributed by atoms with Gasteiger partial charge in [0.15, 0.2) is 0 Å². The number of hydrogen-bond acceptors (Lipinski definition) is 2. The number of hydrogen-bond donors (Lipinski definition) is 0. The largest absolute Gasteiger partial charge is 0.247 e. The Labute approximate surface area is 172 Å². The lowest BCUT2D eigenvalue weighted by atomic mass is 9.95. The Hall–Kier alpha value is -4.04. The van der Waals surface area contributed by atoms with E-state index in [0.29, 0.717) is 0 Å². The predicted octanol–water partition coefficient (Wildman–Crippen LogP) is 7.40. The Kier molecular flexibility index (Phi) is 3.03. The van der Waals surface area contributed by atoms with Crippen LogP contribution in [0.3, 0.4) is 0 Å². The molecule has 7 aromatic rings. The number of rotatable bonds is 0. The first-order valence-corrected chi connectivity index (χ1v) is 10.2. The fraction of sp³-hybridized carbons (Fsp3) is 0. The lowest BCUT2D eigenvalue weighted by molar-refractivity contribution is 1.49. The zero-order valence-electron chi connectivity index (χ0n) is 16.1. The molecular formula is C28H16N2. The van der Waals surface area contributed by atoms with Gasteiger partial charge in [-0.25, -0.2) is 9.97 Å². The molecule has 0 aliphatic carbocycles. The van der Waals surface area contributed by atoms with E-state index in [9.17, 15) is 0 Å². The molecule has 5 aromatic carbocycles. The molecule has 0 amide bonds. The molecule has 0 fully saturated rings. The van der Waals surface area contributed by atoms with Gasteiger partial charge in [-0.15, -0.1) is 0 Å². The summed E-state index contributed by atoms with van der Waals surface area (Å²) in [5.74, 6) is 0. The van der Waals surface area contributed by atoms with E-state index < -0.39 is 0 Å². The van der Waals surface area contributed by atoms with E-state index in [4.69, 9.17) is 9.97 Å². The van der Waals surface area contributed by atoms with E-state index in [0.717, 1.165) is 38.2 Å². The maximum absolute atomic E-state index is 5.10. The SMILES string of the molecule is c1ccc2cc3c(cc2c1)c1cc2ccccc2nc1c1cc2ccccc2nc31. The Morgan fingerprint density at radius 1 is 0.367 bits per heavy atom. The fourth-order valence-electron chi connectivity index (χ4n) is 4.69. The lowest BCUT2D eigenvalue weighted by Gasteiger charge is -2.12. The molecule has 2 heteroatoms. The average Bonchev–Trinajstić information content (AvgIpc) is 2.81. The molecule has 0 saturated carbocycles. The second kappa shape index (κ2) is 5.74. The predicted molar refractivity (Wildman–Crippen MR) is 127 cm³/mol. The number of para-hydroxylation sites is 2. The molecule has 0 atom stereocenters. The zero-order chi connectivity index (χ0) is 19.7. The highest BCUT2D eigenvalue weighted by atomic mass is 14.7. The van der Waals surface area contributed by atoms with Crippen LogP contribution >= 0.6 is 0 Å². The maximum atomic E-state index is 5.10. The molecule has 0 N–H and O–H groups in total. The van der Waals surface area contributed by atoms with Gasteiger partial charge in [0, 0.05) is 26.9 Å². The average molecular weight is 380 g/mol. The highest BCUT2D eigenvalue weighted by molar-refractivity contribution is 6.27. The minimum atomic E-state index is 1.01. The van der Waals surface area contributed by atoms with Gasteiger partial charge < -0.3 is 0 Å². The van der Waals surface area contributed by atoms with Crippen LogP contribution in [0.15, 0.2) is 97.1 Å². The van der Waals surface area contributed by atoms with E-state index in [1.165, 1.54) is 26.9 Å². The number of fused-ring (bicyclic) bond motifs is 9. The van der Waals surface area contributed by atoms with Crippen molar-refractivity contribution in [3.05, 3.63) is 97.1 Å². The quantitative estimate of drug-likeness (QED) is 0.202. The smallest absolute Gasteiger partial charge is 0.0810 e. The molecule has 2 heterocycles. The molecule has 0 aliphatic heterocycles. The second-order valence-electron chi connectivity index (χ2n) is 7.90. The normalized spacial score (nSPS) is 12.0. The van der Waals surface area contributed by atoms with Crippen molar-refractivity contribution in [1.82, 2.24) is 9.97 Å². The van der Waals surface area contributed by atoms with Crippen LogP contribution in [-0.4, -0.2) is 9.97 Å². The van der Waals surface area contributed by atoms with E-state index in [1.807, 2.05) is 12.1 Å². The van der Waals surface area contributed by atoms with Crippen LogP contribution < -0.4 is 0 Å². The summed E-state index contributed by atoms with van der Waals surface area (Å²) in [6, 6.07) is 34.3. The molecule has 0 saturated heterocycles. The van der Waals surface area contributed by atoms with Crippen molar-refractivity contribution in [3.63, 3.8) is 0 Å². The van der Waals surface area contributed by atoms with Crippen LogP contribution in [0.1, 0.15) is 0 Å². The molecule has 0 spiro atoms. The third-order valence-electron chi connectivity index (χ3n) is 6.13. The van der Waals surface area contributed by atoms with Crippen molar-refractivity contribution in [1.29, 1.82) is 0 Å². The van der Waals surface area contributed by atoms with Gasteiger partial charge >= 0.3 is 0 Å². The van der Waals surface area contributed by atoms with Gasteiger partial charge in [0.25, 0.3) is 0 Å². The molecule has 7 rings (SSSR count). The van der Waals surface area contributed by atoms with E-state index in [-0.39, 0.29) is 0 Å². The molecule has 30 heavy (non-hydrogen) atoms. The van der Waals surface area contributed by atoms with E-state index in [1.54, 1.807) is 0 Å². The zero-order valence-corrected chi connectivity index (χ0v) is 16.1. The Bertz CT molecular complexity index is 1420. The van der Waals surface area contributed by atoms with Crippen molar-refractivity contribution < 1.29 is 0 Å². The van der Waals surface area contributed by atoms with Crippen LogP contribution in [0.4, 0.5) is 0 Å². The van der Waals surface area contributed by atoms with Crippen LogP contribution in [0.25, 0.3) is 65.2 Å². The third kappa shape index (κ3) is 2.13. The summed E-state index contributed by atoms with van der Waals surface area (Å²) in [5.41, 5.74) is 4.06. The standard InChI is InChI=1S/C28H16N2/c1-2-8-18-14-22-21(13-17(18)7-1)23-15-19-9-3-5-11-25(19)29-28(23)24-16-20-10-4-6-12-26(20)30-27(22)24/h1-16H. The van der Waals surface area contributed by atoms with Crippen molar-refractivity contribution in [3.8, 4) is 0 Å². The summed E-state index contributed by atoms with van der Waals surface area (Å²) in [7, 11) is 0. The molecule has 2 aromatic heterocycles. The summed E-state index contributed by atoms with van der Waals surface area (Å²) < 4.78 is 0. The molecule has 0 aliphatic rings. The number of aromatic nitrogens is 2. The summed E-state index contributed by atoms with van der Waals surface area (Å²) >= 11 is 0. The molecule has 0 radical (unpaired) electrons. The second-order valence-corrected chi connectivity index (χ2v) is 7.90. The van der Waals surface area contributed by atoms with Crippen molar-refractivity contribution >= 4 is 65.2 Å². The van der Waals surface area contributed by atoms with Gasteiger partial charge in [-0.3, -0.25) is 0 Å². The maximum Gasteiger partial charge on any atom is 0.0810 e. The first-order chi connectivity index (χ1) is 14.8. The number of nitrogens with zero attached hydrogens (tertiary/aromatic N) is 2. The summed E-state index contributed by atoms with van der Waals surface area (Å²) in [6.45, 7) is 0. The highest BCUT2D eigenvalue weighted by Gasteiger charge is 2.14. The number of pyridine rings is 2. The van der Waals surface area contributed by atoms with Crippen molar-refractivity contribution in [2.24, 2.45) is 0 Å². The van der Waals surface area contributed by atoms with Gasteiger partial charge in [-0.2, -0.15) is 0 Å². The fourth-order valence-corrected chi connectivity index (χ4v) is 4.69. The molecule has 0 unspecified atom stereocenters. The van der Waals surface area contributed by atoms with E-state index in [2.05, 4.69) is 84.9 Å². The van der Waals surface area contributed by atoms with Gasteiger partial charge in [0.2, 0.25) is 0 Å². The lowest BCUT2D eigenvalue weighted by Crippen LogP contribution is -1.91. The van der Waals surface area contributed by atoms with Gasteiger partial charge in [0.1, 0.15) is 0 Å². The Morgan fingerprint density at radius 3 is 1.33 bits per heavy atom. The molecular weight excluding hydrogens is 364 g/mol. The minimum Gasteiger partial charge on any atom is -0.247 e. The van der Waals surface area contributed by atoms with Crippen LogP contribution in [0.5, 0.6) is 0 Å². The van der Waals surface area contributed by atoms with Gasteiger partial charge in [-0.1, -0.05) is 60.7 Å². The van der Waals surface area contributed by atoms with Crippen LogP contribution in [0, 0.1) is 0 Å². The topological polar surface area (TPSA) is 25.8 Å². The first-order valence-electron chi connectivity index (χ1n) is 10.2. The molecule has 138 valence electrons. The Balaban J connectivity index is 1.82. The van der Waals surface area contributed by atoms with E-state index >= 15 is 0 Å². The summed E-state index contributed by atoms with van der Waals surface area (Å²) in [5, 5.41) is 9.44. The van der Waals surface area contributed by atoms with Crippen molar-refractivity contribution in [2.45, 2.75) is 0 Å². The minimum absolute atomic E-state index is 1.01. The molecule has 2 nitrogen and oxygen atoms in total. The number of benzene rings is 5. The highest BCUT2D eigenvalue weighted by Crippen LogP contribution is 2.38. The summed E-state index contributed by atoms with van der Waals surface area (Å²) in [6.07, 6.45) is 0. The monoisotopic (exact) mass is 380 g/mol. The van der Waals surface area contributed by atoms with Gasteiger partial charge in [0.05, 0.1) is 22.1 Å². The Morgan fingerprint density at radius 2 is 0.767 bits per heavy atom. The summed E-state index contributed by atoms with van der Waals surface area (Å²) in [4.78, 5) is 10.2. The third-order valence-corrected chi connectivity index (χ3v) is 6.13. The van der Waals surface area contributed by atoms with Crippen LogP contribution in [-0.2, 0) is 0 Å². The molecule has 0 bridgehead atoms. The van der Waals surface area contributed by atoms with Crippen molar-refractivity contribution in [2.75, 3.05) is 0 Å². The first kappa shape index (κ1) is 15.8.